The molecule has 1 heterocycles. The van der Waals surface area contributed by atoms with Crippen LogP contribution in [0.15, 0.2) is 72.8 Å². The quantitative estimate of drug-likeness (QED) is 0.125. The lowest BCUT2D eigenvalue weighted by Gasteiger charge is -2.38. The van der Waals surface area contributed by atoms with Gasteiger partial charge < -0.3 is 41.3 Å². The number of aliphatic hydroxyl groups excluding tert-OH is 1. The Morgan fingerprint density at radius 2 is 1.54 bits per heavy atom. The Labute approximate surface area is 281 Å². The zero-order valence-corrected chi connectivity index (χ0v) is 27.8. The largest absolute Gasteiger partial charge is 0.485 e. The van der Waals surface area contributed by atoms with Gasteiger partial charge in [0.15, 0.2) is 5.75 Å². The molecule has 0 saturated heterocycles. The topological polar surface area (TPSA) is 166 Å². The summed E-state index contributed by atoms with van der Waals surface area (Å²) >= 11 is 0. The number of hydrogen-bond donors (Lipinski definition) is 5. The molecule has 0 aliphatic carbocycles. The van der Waals surface area contributed by atoms with Crippen molar-refractivity contribution in [2.75, 3.05) is 48.4 Å². The molecule has 0 fully saturated rings. The summed E-state index contributed by atoms with van der Waals surface area (Å²) in [5.41, 5.74) is 8.23. The first-order chi connectivity index (χ1) is 23.1. The molecule has 256 valence electrons. The normalized spacial score (nSPS) is 16.4. The number of benzene rings is 3. The molecular weight excluding hydrogens is 612 g/mol. The van der Waals surface area contributed by atoms with E-state index in [1.54, 1.807) is 73.5 Å². The van der Waals surface area contributed by atoms with Crippen LogP contribution in [-0.4, -0.2) is 77.5 Å². The van der Waals surface area contributed by atoms with Gasteiger partial charge in [-0.2, -0.15) is 0 Å². The molecule has 3 aromatic carbocycles. The summed E-state index contributed by atoms with van der Waals surface area (Å²) in [6.07, 6.45) is 1.79. The van der Waals surface area contributed by atoms with E-state index in [-0.39, 0.29) is 60.6 Å². The van der Waals surface area contributed by atoms with E-state index in [4.69, 9.17) is 10.5 Å². The van der Waals surface area contributed by atoms with Crippen LogP contribution in [0.25, 0.3) is 0 Å². The van der Waals surface area contributed by atoms with E-state index in [1.165, 1.54) is 4.90 Å². The lowest BCUT2D eigenvalue weighted by molar-refractivity contribution is -0.116. The maximum absolute atomic E-state index is 13.8. The number of carbonyl (C=O) groups is 4. The van der Waals surface area contributed by atoms with Crippen LogP contribution in [0.3, 0.4) is 0 Å². The molecule has 0 aromatic heterocycles. The molecular formula is C36H46N6O6. The number of para-hydroxylation sites is 4. The van der Waals surface area contributed by atoms with Crippen LogP contribution in [0, 0.1) is 5.92 Å². The van der Waals surface area contributed by atoms with Gasteiger partial charge in [-0.25, -0.2) is 4.79 Å². The maximum Gasteiger partial charge on any atom is 0.321 e. The van der Waals surface area contributed by atoms with E-state index in [9.17, 15) is 24.3 Å². The Hall–Kier alpha value is -5.10. The van der Waals surface area contributed by atoms with Crippen LogP contribution >= 0.6 is 0 Å². The molecule has 0 bridgehead atoms. The zero-order chi connectivity index (χ0) is 34.6. The number of hydrogen-bond acceptors (Lipinski definition) is 7. The monoisotopic (exact) mass is 658 g/mol. The van der Waals surface area contributed by atoms with Gasteiger partial charge in [0.1, 0.15) is 6.10 Å². The third-order valence-electron chi connectivity index (χ3n) is 8.33. The highest BCUT2D eigenvalue weighted by Gasteiger charge is 2.35. The standard InChI is InChI=1S/C36H46N6O6/c1-24-21-42(25(2)23-43)35(46)27-15-12-18-30(34(27)48-31(24)22-41(3)36(47)38-26-13-6-4-7-14-26)40-33(45)20-9-5-8-19-32(44)39-29-17-11-10-16-28(29)37/h4,6-7,10-18,24-25,31,43H,5,8-9,19-23,37H2,1-3H3,(H,38,47)(H,39,44)(H,40,45)/t24-,25-,31+/m1/s1. The maximum atomic E-state index is 13.8. The van der Waals surface area contributed by atoms with Gasteiger partial charge in [-0.1, -0.05) is 49.7 Å². The Morgan fingerprint density at radius 3 is 2.21 bits per heavy atom. The number of nitrogens with one attached hydrogen (secondary N) is 3. The summed E-state index contributed by atoms with van der Waals surface area (Å²) in [6, 6.07) is 20.4. The number of fused-ring (bicyclic) bond motifs is 1. The second kappa shape index (κ2) is 17.2. The fourth-order valence-electron chi connectivity index (χ4n) is 5.44. The number of nitrogen functional groups attached to an aromatic ring is 1. The first-order valence-corrected chi connectivity index (χ1v) is 16.3. The SMILES string of the molecule is C[C@@H]1CN([C@H](C)CO)C(=O)c2cccc(NC(=O)CCCCCC(=O)Nc3ccccc3N)c2O[C@H]1CN(C)C(=O)Nc1ccccc1. The van der Waals surface area contributed by atoms with Crippen molar-refractivity contribution in [3.05, 3.63) is 78.4 Å². The van der Waals surface area contributed by atoms with Crippen molar-refractivity contribution in [2.45, 2.75) is 58.1 Å². The molecule has 6 N–H and O–H groups in total. The number of nitrogens with two attached hydrogens (primary N) is 1. The van der Waals surface area contributed by atoms with Crippen molar-refractivity contribution >= 4 is 46.5 Å². The van der Waals surface area contributed by atoms with Crippen molar-refractivity contribution in [1.29, 1.82) is 0 Å². The number of aliphatic hydroxyl groups is 1. The molecule has 1 aliphatic rings. The molecule has 0 radical (unpaired) electrons. The Balaban J connectivity index is 1.42. The second-order valence-electron chi connectivity index (χ2n) is 12.2. The third kappa shape index (κ3) is 9.71. The van der Waals surface area contributed by atoms with E-state index in [0.29, 0.717) is 55.0 Å². The van der Waals surface area contributed by atoms with E-state index in [2.05, 4.69) is 16.0 Å². The molecule has 48 heavy (non-hydrogen) atoms. The summed E-state index contributed by atoms with van der Waals surface area (Å²) in [5, 5.41) is 18.5. The predicted molar refractivity (Wildman–Crippen MR) is 187 cm³/mol. The first-order valence-electron chi connectivity index (χ1n) is 16.3. The highest BCUT2D eigenvalue weighted by molar-refractivity contribution is 6.01. The van der Waals surface area contributed by atoms with Gasteiger partial charge in [0.2, 0.25) is 11.8 Å². The molecule has 0 unspecified atom stereocenters. The molecule has 12 nitrogen and oxygen atoms in total. The van der Waals surface area contributed by atoms with Crippen LogP contribution < -0.4 is 26.4 Å². The van der Waals surface area contributed by atoms with Crippen LogP contribution in [-0.2, 0) is 9.59 Å². The first kappa shape index (κ1) is 35.7. The molecule has 0 spiro atoms. The predicted octanol–water partition coefficient (Wildman–Crippen LogP) is 5.18. The number of ether oxygens (including phenoxy) is 1. The van der Waals surface area contributed by atoms with Crippen LogP contribution in [0.2, 0.25) is 0 Å². The van der Waals surface area contributed by atoms with Crippen molar-refractivity contribution < 1.29 is 29.0 Å². The smallest absolute Gasteiger partial charge is 0.321 e. The summed E-state index contributed by atoms with van der Waals surface area (Å²) in [6.45, 7) is 3.97. The number of carbonyl (C=O) groups excluding carboxylic acids is 4. The molecule has 4 rings (SSSR count). The van der Waals surface area contributed by atoms with Crippen molar-refractivity contribution in [1.82, 2.24) is 9.80 Å². The van der Waals surface area contributed by atoms with Gasteiger partial charge in [-0.15, -0.1) is 0 Å². The summed E-state index contributed by atoms with van der Waals surface area (Å²) in [5.74, 6) is -0.733. The van der Waals surface area contributed by atoms with Gasteiger partial charge in [-0.3, -0.25) is 14.4 Å². The zero-order valence-electron chi connectivity index (χ0n) is 27.8. The third-order valence-corrected chi connectivity index (χ3v) is 8.33. The highest BCUT2D eigenvalue weighted by Crippen LogP contribution is 2.35. The number of nitrogens with zero attached hydrogens (tertiary/aromatic N) is 2. The van der Waals surface area contributed by atoms with Gasteiger partial charge in [0.25, 0.3) is 5.91 Å². The average Bonchev–Trinajstić information content (AvgIpc) is 3.07. The Bertz CT molecular complexity index is 1570. The number of amides is 5. The van der Waals surface area contributed by atoms with Gasteiger partial charge >= 0.3 is 6.03 Å². The number of urea groups is 1. The van der Waals surface area contributed by atoms with Gasteiger partial charge in [0.05, 0.1) is 41.8 Å². The molecule has 3 atom stereocenters. The minimum atomic E-state index is -0.549. The molecule has 3 aromatic rings. The minimum Gasteiger partial charge on any atom is -0.485 e. The van der Waals surface area contributed by atoms with Crippen molar-refractivity contribution in [2.24, 2.45) is 5.92 Å². The van der Waals surface area contributed by atoms with E-state index >= 15 is 0 Å². The average molecular weight is 659 g/mol. The fourth-order valence-corrected chi connectivity index (χ4v) is 5.44. The van der Waals surface area contributed by atoms with Crippen LogP contribution in [0.1, 0.15) is 56.3 Å². The highest BCUT2D eigenvalue weighted by atomic mass is 16.5. The lowest BCUT2D eigenvalue weighted by atomic mass is 9.99. The number of likely N-dealkylation sites (N-methyl/N-ethyl adjacent to an activating group) is 1. The number of unbranched alkanes of at least 4 members (excludes halogenated alkanes) is 2. The summed E-state index contributed by atoms with van der Waals surface area (Å²) in [7, 11) is 1.67. The van der Waals surface area contributed by atoms with Gasteiger partial charge in [0, 0.05) is 38.0 Å². The number of anilines is 4. The molecule has 12 heteroatoms. The molecule has 5 amide bonds. The van der Waals surface area contributed by atoms with E-state index < -0.39 is 12.1 Å². The fraction of sp³-hybridized carbons (Fsp3) is 0.389. The molecule has 1 aliphatic heterocycles. The number of rotatable bonds is 13. The summed E-state index contributed by atoms with van der Waals surface area (Å²) < 4.78 is 6.51. The summed E-state index contributed by atoms with van der Waals surface area (Å²) in [4.78, 5) is 55.3. The van der Waals surface area contributed by atoms with Crippen molar-refractivity contribution in [3.63, 3.8) is 0 Å². The second-order valence-corrected chi connectivity index (χ2v) is 12.2. The minimum absolute atomic E-state index is 0.140. The Morgan fingerprint density at radius 1 is 0.917 bits per heavy atom. The lowest BCUT2D eigenvalue weighted by Crippen LogP contribution is -2.50. The van der Waals surface area contributed by atoms with Crippen molar-refractivity contribution in [3.8, 4) is 5.75 Å². The van der Waals surface area contributed by atoms with Gasteiger partial charge in [-0.05, 0) is 56.2 Å². The van der Waals surface area contributed by atoms with Crippen LogP contribution in [0.5, 0.6) is 5.75 Å². The molecule has 0 saturated carbocycles. The van der Waals surface area contributed by atoms with E-state index in [0.717, 1.165) is 0 Å². The van der Waals surface area contributed by atoms with E-state index in [1.807, 2.05) is 25.1 Å². The van der Waals surface area contributed by atoms with Crippen LogP contribution in [0.4, 0.5) is 27.5 Å². The Kier molecular flexibility index (Phi) is 12.8.